The standard InChI is InChI=1S/C16H15ClF3N/c1-21-15(12-5-3-7-14(17)10-12)9-11-4-2-6-13(8-11)16(18,19)20/h2-8,10,15,21H,9H2,1H3. The van der Waals surface area contributed by atoms with E-state index in [1.807, 2.05) is 18.2 Å². The Balaban J connectivity index is 2.23. The molecule has 0 aliphatic rings. The van der Waals surface area contributed by atoms with Gasteiger partial charge in [-0.1, -0.05) is 41.9 Å². The van der Waals surface area contributed by atoms with Gasteiger partial charge in [0.05, 0.1) is 5.56 Å². The van der Waals surface area contributed by atoms with Crippen LogP contribution in [-0.2, 0) is 12.6 Å². The molecule has 0 amide bonds. The van der Waals surface area contributed by atoms with Crippen LogP contribution < -0.4 is 5.32 Å². The third-order valence-corrected chi connectivity index (χ3v) is 3.53. The van der Waals surface area contributed by atoms with Gasteiger partial charge in [-0.05, 0) is 42.8 Å². The Bertz CT molecular complexity index is 610. The highest BCUT2D eigenvalue weighted by Crippen LogP contribution is 2.30. The third-order valence-electron chi connectivity index (χ3n) is 3.29. The largest absolute Gasteiger partial charge is 0.416 e. The lowest BCUT2D eigenvalue weighted by atomic mass is 9.98. The van der Waals surface area contributed by atoms with Gasteiger partial charge in [-0.25, -0.2) is 0 Å². The van der Waals surface area contributed by atoms with Gasteiger partial charge in [0.1, 0.15) is 0 Å². The monoisotopic (exact) mass is 313 g/mol. The van der Waals surface area contributed by atoms with Crippen LogP contribution in [0.25, 0.3) is 0 Å². The molecule has 1 atom stereocenters. The second-order valence-electron chi connectivity index (χ2n) is 4.80. The van der Waals surface area contributed by atoms with Crippen LogP contribution in [0.2, 0.25) is 5.02 Å². The predicted molar refractivity (Wildman–Crippen MR) is 78.4 cm³/mol. The van der Waals surface area contributed by atoms with Gasteiger partial charge in [-0.3, -0.25) is 0 Å². The zero-order valence-electron chi connectivity index (χ0n) is 11.4. The van der Waals surface area contributed by atoms with Gasteiger partial charge in [-0.2, -0.15) is 13.2 Å². The van der Waals surface area contributed by atoms with Crippen molar-refractivity contribution in [1.82, 2.24) is 5.32 Å². The predicted octanol–water partition coefficient (Wildman–Crippen LogP) is 4.86. The summed E-state index contributed by atoms with van der Waals surface area (Å²) in [6, 6.07) is 12.6. The van der Waals surface area contributed by atoms with Crippen molar-refractivity contribution in [2.24, 2.45) is 0 Å². The van der Waals surface area contributed by atoms with Crippen LogP contribution in [0, 0.1) is 0 Å². The van der Waals surface area contributed by atoms with Gasteiger partial charge in [0.2, 0.25) is 0 Å². The lowest BCUT2D eigenvalue weighted by Crippen LogP contribution is -2.19. The van der Waals surface area contributed by atoms with Crippen molar-refractivity contribution in [2.75, 3.05) is 7.05 Å². The second kappa shape index (κ2) is 6.50. The van der Waals surface area contributed by atoms with E-state index in [1.54, 1.807) is 19.2 Å². The molecule has 0 aliphatic carbocycles. The molecule has 0 saturated carbocycles. The van der Waals surface area contributed by atoms with E-state index in [4.69, 9.17) is 11.6 Å². The molecule has 0 aliphatic heterocycles. The zero-order valence-corrected chi connectivity index (χ0v) is 12.2. The first-order chi connectivity index (χ1) is 9.90. The van der Waals surface area contributed by atoms with Crippen molar-refractivity contribution < 1.29 is 13.2 Å². The van der Waals surface area contributed by atoms with Crippen LogP contribution in [0.3, 0.4) is 0 Å². The summed E-state index contributed by atoms with van der Waals surface area (Å²) < 4.78 is 38.2. The molecule has 0 heterocycles. The maximum absolute atomic E-state index is 12.7. The van der Waals surface area contributed by atoms with Crippen LogP contribution in [0.1, 0.15) is 22.7 Å². The fourth-order valence-electron chi connectivity index (χ4n) is 2.22. The summed E-state index contributed by atoms with van der Waals surface area (Å²) in [5.74, 6) is 0. The van der Waals surface area contributed by atoms with Crippen molar-refractivity contribution in [3.8, 4) is 0 Å². The van der Waals surface area contributed by atoms with E-state index in [2.05, 4.69) is 5.32 Å². The Hall–Kier alpha value is -1.52. The summed E-state index contributed by atoms with van der Waals surface area (Å²) in [6.07, 6.45) is -3.86. The topological polar surface area (TPSA) is 12.0 Å². The minimum absolute atomic E-state index is 0.0906. The summed E-state index contributed by atoms with van der Waals surface area (Å²) in [4.78, 5) is 0. The molecule has 0 radical (unpaired) electrons. The molecule has 112 valence electrons. The van der Waals surface area contributed by atoms with Crippen LogP contribution in [0.4, 0.5) is 13.2 Å². The van der Waals surface area contributed by atoms with Gasteiger partial charge in [0.25, 0.3) is 0 Å². The molecular weight excluding hydrogens is 299 g/mol. The van der Waals surface area contributed by atoms with E-state index >= 15 is 0 Å². The van der Waals surface area contributed by atoms with E-state index in [0.717, 1.165) is 11.6 Å². The normalized spacial score (nSPS) is 13.2. The first-order valence-electron chi connectivity index (χ1n) is 6.49. The summed E-state index contributed by atoms with van der Waals surface area (Å²) in [5.41, 5.74) is 0.951. The summed E-state index contributed by atoms with van der Waals surface area (Å²) in [7, 11) is 1.78. The number of alkyl halides is 3. The molecule has 0 fully saturated rings. The summed E-state index contributed by atoms with van der Waals surface area (Å²) in [5, 5.41) is 3.72. The van der Waals surface area contributed by atoms with Crippen molar-refractivity contribution in [3.63, 3.8) is 0 Å². The number of rotatable bonds is 4. The number of benzene rings is 2. The minimum Gasteiger partial charge on any atom is -0.313 e. The lowest BCUT2D eigenvalue weighted by Gasteiger charge is -2.18. The Kier molecular flexibility index (Phi) is 4.91. The van der Waals surface area contributed by atoms with E-state index < -0.39 is 11.7 Å². The first kappa shape index (κ1) is 15.9. The van der Waals surface area contributed by atoms with E-state index in [9.17, 15) is 13.2 Å². The maximum atomic E-state index is 12.7. The maximum Gasteiger partial charge on any atom is 0.416 e. The van der Waals surface area contributed by atoms with Crippen LogP contribution in [-0.4, -0.2) is 7.05 Å². The van der Waals surface area contributed by atoms with Crippen molar-refractivity contribution in [2.45, 2.75) is 18.6 Å². The minimum atomic E-state index is -4.32. The highest BCUT2D eigenvalue weighted by Gasteiger charge is 2.30. The molecule has 0 spiro atoms. The molecule has 2 aromatic carbocycles. The molecule has 1 N–H and O–H groups in total. The molecule has 1 unspecified atom stereocenters. The van der Waals surface area contributed by atoms with Gasteiger partial charge in [0, 0.05) is 11.1 Å². The fourth-order valence-corrected chi connectivity index (χ4v) is 2.42. The number of nitrogens with one attached hydrogen (secondary N) is 1. The molecule has 21 heavy (non-hydrogen) atoms. The molecular formula is C16H15ClF3N. The van der Waals surface area contributed by atoms with E-state index in [0.29, 0.717) is 17.0 Å². The molecule has 0 bridgehead atoms. The molecule has 0 saturated heterocycles. The number of likely N-dealkylation sites (N-methyl/N-ethyl adjacent to an activating group) is 1. The molecule has 1 nitrogen and oxygen atoms in total. The fraction of sp³-hybridized carbons (Fsp3) is 0.250. The summed E-state index contributed by atoms with van der Waals surface area (Å²) in [6.45, 7) is 0. The van der Waals surface area contributed by atoms with E-state index in [-0.39, 0.29) is 6.04 Å². The Morgan fingerprint density at radius 2 is 1.81 bits per heavy atom. The van der Waals surface area contributed by atoms with Crippen molar-refractivity contribution in [3.05, 3.63) is 70.2 Å². The number of hydrogen-bond donors (Lipinski definition) is 1. The average molecular weight is 314 g/mol. The number of halogens is 4. The zero-order chi connectivity index (χ0) is 15.5. The quantitative estimate of drug-likeness (QED) is 0.850. The smallest absolute Gasteiger partial charge is 0.313 e. The molecule has 0 aromatic heterocycles. The van der Waals surface area contributed by atoms with Crippen LogP contribution in [0.15, 0.2) is 48.5 Å². The van der Waals surface area contributed by atoms with Crippen LogP contribution >= 0.6 is 11.6 Å². The SMILES string of the molecule is CNC(Cc1cccc(C(F)(F)F)c1)c1cccc(Cl)c1. The lowest BCUT2D eigenvalue weighted by molar-refractivity contribution is -0.137. The first-order valence-corrected chi connectivity index (χ1v) is 6.87. The van der Waals surface area contributed by atoms with E-state index in [1.165, 1.54) is 12.1 Å². The third kappa shape index (κ3) is 4.22. The molecule has 2 rings (SSSR count). The van der Waals surface area contributed by atoms with Crippen LogP contribution in [0.5, 0.6) is 0 Å². The average Bonchev–Trinajstić information content (AvgIpc) is 2.44. The highest BCUT2D eigenvalue weighted by atomic mass is 35.5. The van der Waals surface area contributed by atoms with Gasteiger partial charge in [-0.15, -0.1) is 0 Å². The van der Waals surface area contributed by atoms with Gasteiger partial charge in [0.15, 0.2) is 0 Å². The van der Waals surface area contributed by atoms with Crippen molar-refractivity contribution >= 4 is 11.6 Å². The Morgan fingerprint density at radius 3 is 2.43 bits per heavy atom. The molecule has 5 heteroatoms. The Labute approximate surface area is 126 Å². The Morgan fingerprint density at radius 1 is 1.10 bits per heavy atom. The number of hydrogen-bond acceptors (Lipinski definition) is 1. The second-order valence-corrected chi connectivity index (χ2v) is 5.23. The summed E-state index contributed by atoms with van der Waals surface area (Å²) >= 11 is 5.96. The highest BCUT2D eigenvalue weighted by molar-refractivity contribution is 6.30. The van der Waals surface area contributed by atoms with Gasteiger partial charge < -0.3 is 5.32 Å². The van der Waals surface area contributed by atoms with Gasteiger partial charge >= 0.3 is 6.18 Å². The molecule has 2 aromatic rings. The van der Waals surface area contributed by atoms with Crippen molar-refractivity contribution in [1.29, 1.82) is 0 Å².